The molecule has 2 aromatic carbocycles. The molecular formula is C27H36N4O3. The van der Waals surface area contributed by atoms with Crippen molar-refractivity contribution in [2.45, 2.75) is 25.3 Å². The number of carbonyl (C=O) groups is 1. The van der Waals surface area contributed by atoms with Crippen LogP contribution in [0.5, 0.6) is 11.5 Å². The number of hydrogen-bond donors (Lipinski definition) is 1. The average molecular weight is 465 g/mol. The van der Waals surface area contributed by atoms with Crippen LogP contribution in [-0.2, 0) is 11.2 Å². The van der Waals surface area contributed by atoms with E-state index in [1.165, 1.54) is 24.1 Å². The number of carbonyl (C=O) groups excluding carboxylic acids is 1. The van der Waals surface area contributed by atoms with Crippen molar-refractivity contribution in [1.82, 2.24) is 10.2 Å². The highest BCUT2D eigenvalue weighted by atomic mass is 16.5. The number of fused-ring (bicyclic) bond motifs is 3. The zero-order valence-corrected chi connectivity index (χ0v) is 20.3. The van der Waals surface area contributed by atoms with Gasteiger partial charge in [-0.05, 0) is 56.1 Å². The van der Waals surface area contributed by atoms with E-state index in [-0.39, 0.29) is 17.9 Å². The molecule has 3 aliphatic heterocycles. The van der Waals surface area contributed by atoms with Crippen LogP contribution in [0, 0.1) is 5.92 Å². The topological polar surface area (TPSA) is 57.3 Å². The molecule has 2 saturated heterocycles. The van der Waals surface area contributed by atoms with Crippen molar-refractivity contribution in [2.75, 3.05) is 69.8 Å². The van der Waals surface area contributed by atoms with Gasteiger partial charge in [0.2, 0.25) is 5.91 Å². The monoisotopic (exact) mass is 464 g/mol. The normalized spacial score (nSPS) is 22.2. The number of ether oxygens (including phenoxy) is 2. The molecule has 3 heterocycles. The van der Waals surface area contributed by atoms with E-state index in [9.17, 15) is 4.79 Å². The van der Waals surface area contributed by atoms with Crippen LogP contribution < -0.4 is 24.6 Å². The van der Waals surface area contributed by atoms with E-state index in [1.54, 1.807) is 14.2 Å². The van der Waals surface area contributed by atoms with E-state index >= 15 is 0 Å². The van der Waals surface area contributed by atoms with Crippen molar-refractivity contribution in [3.63, 3.8) is 0 Å². The fraction of sp³-hybridized carbons (Fsp3) is 0.519. The number of nitrogens with one attached hydrogen (secondary N) is 1. The highest BCUT2D eigenvalue weighted by Gasteiger charge is 2.42. The van der Waals surface area contributed by atoms with Crippen LogP contribution >= 0.6 is 0 Å². The highest BCUT2D eigenvalue weighted by molar-refractivity contribution is 5.82. The van der Waals surface area contributed by atoms with Crippen LogP contribution in [0.1, 0.15) is 18.4 Å². The molecule has 3 aliphatic rings. The number of methoxy groups -OCH3 is 2. The third-order valence-electron chi connectivity index (χ3n) is 7.61. The Morgan fingerprint density at radius 2 is 1.82 bits per heavy atom. The first-order valence-electron chi connectivity index (χ1n) is 12.5. The minimum atomic E-state index is -0.100. The molecule has 0 saturated carbocycles. The SMILES string of the molecule is COc1ccc2c(c1)N1CCN(c3ccccc3OC)C[C@H]1[C@@H](C(=O)NCCN1CCCC1)C2. The Morgan fingerprint density at radius 3 is 2.62 bits per heavy atom. The summed E-state index contributed by atoms with van der Waals surface area (Å²) in [5, 5.41) is 3.27. The molecule has 1 N–H and O–H groups in total. The number of hydrogen-bond acceptors (Lipinski definition) is 6. The third kappa shape index (κ3) is 4.53. The standard InChI is InChI=1S/C27H36N4O3/c1-33-21-10-9-20-17-22(27(32)28-11-14-29-12-5-6-13-29)25-19-30(15-16-31(25)24(20)18-21)23-7-3-4-8-26(23)34-2/h3-4,7-10,18,22,25H,5-6,11-17,19H2,1-2H3,(H,28,32)/t22-,25-/m0/s1. The Bertz CT molecular complexity index is 1010. The first-order valence-corrected chi connectivity index (χ1v) is 12.5. The number of likely N-dealkylation sites (tertiary alicyclic amines) is 1. The molecule has 0 aromatic heterocycles. The van der Waals surface area contributed by atoms with E-state index in [1.807, 2.05) is 24.3 Å². The summed E-state index contributed by atoms with van der Waals surface area (Å²) in [7, 11) is 3.42. The third-order valence-corrected chi connectivity index (χ3v) is 7.61. The fourth-order valence-electron chi connectivity index (χ4n) is 5.79. The number of para-hydroxylation sites is 2. The summed E-state index contributed by atoms with van der Waals surface area (Å²) >= 11 is 0. The van der Waals surface area contributed by atoms with Gasteiger partial charge in [-0.15, -0.1) is 0 Å². The van der Waals surface area contributed by atoms with Crippen LogP contribution in [0.3, 0.4) is 0 Å². The van der Waals surface area contributed by atoms with Crippen molar-refractivity contribution in [3.05, 3.63) is 48.0 Å². The van der Waals surface area contributed by atoms with E-state index in [4.69, 9.17) is 9.47 Å². The van der Waals surface area contributed by atoms with Crippen LogP contribution in [0.25, 0.3) is 0 Å². The van der Waals surface area contributed by atoms with Crippen molar-refractivity contribution in [3.8, 4) is 11.5 Å². The Morgan fingerprint density at radius 1 is 1.00 bits per heavy atom. The summed E-state index contributed by atoms with van der Waals surface area (Å²) < 4.78 is 11.2. The number of nitrogens with zero attached hydrogens (tertiary/aromatic N) is 3. The van der Waals surface area contributed by atoms with Crippen LogP contribution in [-0.4, -0.2) is 76.9 Å². The largest absolute Gasteiger partial charge is 0.497 e. The average Bonchev–Trinajstić information content (AvgIpc) is 3.41. The molecule has 5 rings (SSSR count). The van der Waals surface area contributed by atoms with Gasteiger partial charge in [0.15, 0.2) is 0 Å². The first-order chi connectivity index (χ1) is 16.7. The van der Waals surface area contributed by atoms with Gasteiger partial charge in [0.25, 0.3) is 0 Å². The Balaban J connectivity index is 1.38. The van der Waals surface area contributed by atoms with Gasteiger partial charge in [-0.25, -0.2) is 0 Å². The molecule has 0 unspecified atom stereocenters. The number of anilines is 2. The molecule has 0 spiro atoms. The molecule has 7 heteroatoms. The van der Waals surface area contributed by atoms with Crippen LogP contribution in [0.15, 0.2) is 42.5 Å². The molecule has 2 aromatic rings. The lowest BCUT2D eigenvalue weighted by Gasteiger charge is -2.49. The number of rotatable bonds is 7. The van der Waals surface area contributed by atoms with Crippen LogP contribution in [0.2, 0.25) is 0 Å². The summed E-state index contributed by atoms with van der Waals surface area (Å²) in [5.41, 5.74) is 3.52. The smallest absolute Gasteiger partial charge is 0.225 e. The minimum absolute atomic E-state index is 0.0880. The predicted octanol–water partition coefficient (Wildman–Crippen LogP) is 2.78. The molecule has 1 amide bonds. The molecule has 0 aliphatic carbocycles. The van der Waals surface area contributed by atoms with Gasteiger partial charge in [0.1, 0.15) is 11.5 Å². The van der Waals surface area contributed by atoms with Gasteiger partial charge in [0.05, 0.1) is 31.9 Å². The molecule has 0 bridgehead atoms. The van der Waals surface area contributed by atoms with Crippen molar-refractivity contribution >= 4 is 17.3 Å². The van der Waals surface area contributed by atoms with Gasteiger partial charge < -0.3 is 29.5 Å². The Labute approximate surface area is 202 Å². The lowest BCUT2D eigenvalue weighted by atomic mass is 9.83. The van der Waals surface area contributed by atoms with Gasteiger partial charge in [-0.1, -0.05) is 18.2 Å². The Hall–Kier alpha value is -2.93. The van der Waals surface area contributed by atoms with E-state index in [0.717, 1.165) is 62.9 Å². The lowest BCUT2D eigenvalue weighted by Crippen LogP contribution is -2.61. The van der Waals surface area contributed by atoms with Crippen molar-refractivity contribution in [2.24, 2.45) is 5.92 Å². The predicted molar refractivity (Wildman–Crippen MR) is 135 cm³/mol. The second kappa shape index (κ2) is 10.1. The maximum absolute atomic E-state index is 13.5. The van der Waals surface area contributed by atoms with E-state index in [2.05, 4.69) is 38.2 Å². The van der Waals surface area contributed by atoms with E-state index < -0.39 is 0 Å². The number of amides is 1. The zero-order valence-electron chi connectivity index (χ0n) is 20.3. The van der Waals surface area contributed by atoms with Gasteiger partial charge in [-0.2, -0.15) is 0 Å². The maximum atomic E-state index is 13.5. The summed E-state index contributed by atoms with van der Waals surface area (Å²) in [6.45, 7) is 6.46. The number of piperazine rings is 1. The molecule has 2 atom stereocenters. The van der Waals surface area contributed by atoms with Crippen LogP contribution in [0.4, 0.5) is 11.4 Å². The fourth-order valence-corrected chi connectivity index (χ4v) is 5.79. The van der Waals surface area contributed by atoms with Gasteiger partial charge in [-0.3, -0.25) is 4.79 Å². The Kier molecular flexibility index (Phi) is 6.81. The highest BCUT2D eigenvalue weighted by Crippen LogP contribution is 2.40. The second-order valence-electron chi connectivity index (χ2n) is 9.52. The summed E-state index contributed by atoms with van der Waals surface area (Å²) in [4.78, 5) is 20.7. The molecular weight excluding hydrogens is 428 g/mol. The van der Waals surface area contributed by atoms with Crippen molar-refractivity contribution in [1.29, 1.82) is 0 Å². The summed E-state index contributed by atoms with van der Waals surface area (Å²) in [6.07, 6.45) is 3.29. The lowest BCUT2D eigenvalue weighted by molar-refractivity contribution is -0.125. The molecule has 34 heavy (non-hydrogen) atoms. The summed E-state index contributed by atoms with van der Waals surface area (Å²) in [6, 6.07) is 14.5. The minimum Gasteiger partial charge on any atom is -0.497 e. The second-order valence-corrected chi connectivity index (χ2v) is 9.52. The molecule has 7 nitrogen and oxygen atoms in total. The zero-order chi connectivity index (χ0) is 23.5. The van der Waals surface area contributed by atoms with Crippen molar-refractivity contribution < 1.29 is 14.3 Å². The van der Waals surface area contributed by atoms with E-state index in [0.29, 0.717) is 6.54 Å². The molecule has 2 fully saturated rings. The number of benzene rings is 2. The quantitative estimate of drug-likeness (QED) is 0.680. The van der Waals surface area contributed by atoms with Gasteiger partial charge in [0, 0.05) is 44.5 Å². The maximum Gasteiger partial charge on any atom is 0.225 e. The molecule has 0 radical (unpaired) electrons. The first kappa shape index (κ1) is 22.8. The molecule has 182 valence electrons. The summed E-state index contributed by atoms with van der Waals surface area (Å²) in [5.74, 6) is 1.80. The van der Waals surface area contributed by atoms with Gasteiger partial charge >= 0.3 is 0 Å².